The molecular formula is C8H14N2. The number of likely N-dealkylation sites (tertiary alicyclic amines) is 1. The van der Waals surface area contributed by atoms with E-state index in [0.717, 1.165) is 19.5 Å². The summed E-state index contributed by atoms with van der Waals surface area (Å²) in [6.07, 6.45) is 2.30. The van der Waals surface area contributed by atoms with Crippen LogP contribution in [0.4, 0.5) is 0 Å². The summed E-state index contributed by atoms with van der Waals surface area (Å²) in [4.78, 5) is 2.34. The molecule has 0 bridgehead atoms. The molecule has 0 saturated carbocycles. The predicted molar refractivity (Wildman–Crippen MR) is 40.5 cm³/mol. The van der Waals surface area contributed by atoms with Crippen LogP contribution in [0.1, 0.15) is 19.8 Å². The minimum absolute atomic E-state index is 0.300. The summed E-state index contributed by atoms with van der Waals surface area (Å²) in [6.45, 7) is 5.43. The third-order valence-corrected chi connectivity index (χ3v) is 2.14. The molecule has 0 spiro atoms. The Hall–Kier alpha value is -0.550. The van der Waals surface area contributed by atoms with Gasteiger partial charge in [0.25, 0.3) is 0 Å². The molecule has 2 nitrogen and oxygen atoms in total. The van der Waals surface area contributed by atoms with E-state index >= 15 is 0 Å². The van der Waals surface area contributed by atoms with E-state index in [4.69, 9.17) is 5.26 Å². The maximum Gasteiger partial charge on any atom is 0.0669 e. The van der Waals surface area contributed by atoms with Crippen LogP contribution in [0.3, 0.4) is 0 Å². The lowest BCUT2D eigenvalue weighted by Crippen LogP contribution is -2.34. The maximum absolute atomic E-state index is 8.63. The number of hydrogen-bond donors (Lipinski definition) is 0. The lowest BCUT2D eigenvalue weighted by atomic mass is 10.00. The smallest absolute Gasteiger partial charge is 0.0669 e. The number of hydrogen-bond acceptors (Lipinski definition) is 2. The summed E-state index contributed by atoms with van der Waals surface area (Å²) in [6, 6.07) is 2.33. The van der Waals surface area contributed by atoms with Crippen molar-refractivity contribution >= 4 is 0 Å². The summed E-state index contributed by atoms with van der Waals surface area (Å²) < 4.78 is 0. The molecule has 0 aromatic heterocycles. The van der Waals surface area contributed by atoms with Gasteiger partial charge in [0.15, 0.2) is 0 Å². The third-order valence-electron chi connectivity index (χ3n) is 2.14. The van der Waals surface area contributed by atoms with E-state index in [-0.39, 0.29) is 0 Å². The number of nitrogens with zero attached hydrogens (tertiary/aromatic N) is 2. The van der Waals surface area contributed by atoms with Gasteiger partial charge in [0.2, 0.25) is 0 Å². The lowest BCUT2D eigenvalue weighted by Gasteiger charge is -2.27. The third kappa shape index (κ3) is 1.71. The first-order valence-corrected chi connectivity index (χ1v) is 3.98. The summed E-state index contributed by atoms with van der Waals surface area (Å²) in [7, 11) is 0. The Balaban J connectivity index is 2.33. The number of piperidine rings is 1. The molecule has 1 aliphatic heterocycles. The van der Waals surface area contributed by atoms with Crippen LogP contribution >= 0.6 is 0 Å². The van der Waals surface area contributed by atoms with Gasteiger partial charge < -0.3 is 4.90 Å². The molecule has 0 unspecified atom stereocenters. The van der Waals surface area contributed by atoms with E-state index in [9.17, 15) is 0 Å². The zero-order valence-electron chi connectivity index (χ0n) is 6.51. The van der Waals surface area contributed by atoms with E-state index in [0.29, 0.717) is 5.92 Å². The van der Waals surface area contributed by atoms with E-state index in [2.05, 4.69) is 17.9 Å². The Morgan fingerprint density at radius 1 is 1.70 bits per heavy atom. The van der Waals surface area contributed by atoms with Crippen LogP contribution in [-0.4, -0.2) is 24.5 Å². The fraction of sp³-hybridized carbons (Fsp3) is 0.875. The standard InChI is InChI=1S/C8H14N2/c1-2-10-5-3-4-8(6-9)7-10/h8H,2-5,7H2,1H3/t8-/m0/s1. The second-order valence-corrected chi connectivity index (χ2v) is 2.86. The van der Waals surface area contributed by atoms with Crippen molar-refractivity contribution < 1.29 is 0 Å². The SMILES string of the molecule is CCN1CCC[C@@H](C#N)C1. The van der Waals surface area contributed by atoms with Gasteiger partial charge in [-0.3, -0.25) is 0 Å². The zero-order valence-corrected chi connectivity index (χ0v) is 6.51. The Morgan fingerprint density at radius 3 is 3.10 bits per heavy atom. The molecule has 1 atom stereocenters. The largest absolute Gasteiger partial charge is 0.302 e. The van der Waals surface area contributed by atoms with Gasteiger partial charge in [0.1, 0.15) is 0 Å². The predicted octanol–water partition coefficient (Wildman–Crippen LogP) is 1.24. The van der Waals surface area contributed by atoms with Crippen molar-refractivity contribution in [2.45, 2.75) is 19.8 Å². The second kappa shape index (κ2) is 3.58. The molecule has 2 heteroatoms. The fourth-order valence-electron chi connectivity index (χ4n) is 1.45. The molecule has 0 aromatic rings. The molecule has 0 N–H and O–H groups in total. The molecule has 1 heterocycles. The van der Waals surface area contributed by atoms with Crippen LogP contribution < -0.4 is 0 Å². The topological polar surface area (TPSA) is 27.0 Å². The monoisotopic (exact) mass is 138 g/mol. The van der Waals surface area contributed by atoms with Gasteiger partial charge in [-0.05, 0) is 25.9 Å². The highest BCUT2D eigenvalue weighted by Gasteiger charge is 2.17. The van der Waals surface area contributed by atoms with Crippen LogP contribution in [-0.2, 0) is 0 Å². The second-order valence-electron chi connectivity index (χ2n) is 2.86. The highest BCUT2D eigenvalue weighted by molar-refractivity contribution is 4.87. The maximum atomic E-state index is 8.63. The average Bonchev–Trinajstić information content (AvgIpc) is 2.05. The van der Waals surface area contributed by atoms with Crippen LogP contribution in [0.25, 0.3) is 0 Å². The van der Waals surface area contributed by atoms with Gasteiger partial charge in [0, 0.05) is 6.54 Å². The molecule has 1 fully saturated rings. The van der Waals surface area contributed by atoms with Gasteiger partial charge in [-0.25, -0.2) is 0 Å². The van der Waals surface area contributed by atoms with Crippen molar-refractivity contribution in [3.63, 3.8) is 0 Å². The van der Waals surface area contributed by atoms with Crippen molar-refractivity contribution in [2.75, 3.05) is 19.6 Å². The first-order chi connectivity index (χ1) is 4.86. The Morgan fingerprint density at radius 2 is 2.50 bits per heavy atom. The van der Waals surface area contributed by atoms with Crippen LogP contribution in [0.2, 0.25) is 0 Å². The van der Waals surface area contributed by atoms with Gasteiger partial charge in [-0.15, -0.1) is 0 Å². The molecular weight excluding hydrogens is 124 g/mol. The summed E-state index contributed by atoms with van der Waals surface area (Å²) >= 11 is 0. The molecule has 1 rings (SSSR count). The number of nitriles is 1. The Kier molecular flexibility index (Phi) is 2.70. The zero-order chi connectivity index (χ0) is 7.40. The summed E-state index contributed by atoms with van der Waals surface area (Å²) in [5, 5.41) is 8.63. The van der Waals surface area contributed by atoms with Crippen molar-refractivity contribution in [2.24, 2.45) is 5.92 Å². The normalized spacial score (nSPS) is 27.8. The van der Waals surface area contributed by atoms with Gasteiger partial charge >= 0.3 is 0 Å². The Bertz CT molecular complexity index is 137. The molecule has 1 aliphatic rings. The minimum Gasteiger partial charge on any atom is -0.302 e. The quantitative estimate of drug-likeness (QED) is 0.545. The van der Waals surface area contributed by atoms with Crippen molar-refractivity contribution in [3.8, 4) is 6.07 Å². The molecule has 1 saturated heterocycles. The molecule has 0 amide bonds. The van der Waals surface area contributed by atoms with Crippen molar-refractivity contribution in [1.82, 2.24) is 4.90 Å². The van der Waals surface area contributed by atoms with E-state index in [1.807, 2.05) is 0 Å². The Labute approximate surface area is 62.4 Å². The van der Waals surface area contributed by atoms with Crippen molar-refractivity contribution in [1.29, 1.82) is 5.26 Å². The molecule has 0 aliphatic carbocycles. The van der Waals surface area contributed by atoms with Crippen LogP contribution in [0.5, 0.6) is 0 Å². The fourth-order valence-corrected chi connectivity index (χ4v) is 1.45. The van der Waals surface area contributed by atoms with Crippen LogP contribution in [0, 0.1) is 17.2 Å². The minimum atomic E-state index is 0.300. The van der Waals surface area contributed by atoms with Gasteiger partial charge in [-0.1, -0.05) is 6.92 Å². The highest BCUT2D eigenvalue weighted by Crippen LogP contribution is 2.14. The lowest BCUT2D eigenvalue weighted by molar-refractivity contribution is 0.209. The van der Waals surface area contributed by atoms with Gasteiger partial charge in [-0.2, -0.15) is 5.26 Å². The highest BCUT2D eigenvalue weighted by atomic mass is 15.1. The molecule has 0 radical (unpaired) electrons. The summed E-state index contributed by atoms with van der Waals surface area (Å²) in [5.41, 5.74) is 0. The first kappa shape index (κ1) is 7.56. The molecule has 0 aromatic carbocycles. The van der Waals surface area contributed by atoms with E-state index in [1.54, 1.807) is 0 Å². The molecule has 10 heavy (non-hydrogen) atoms. The average molecular weight is 138 g/mol. The summed E-state index contributed by atoms with van der Waals surface area (Å²) in [5.74, 6) is 0.300. The number of rotatable bonds is 1. The molecule has 56 valence electrons. The van der Waals surface area contributed by atoms with Crippen molar-refractivity contribution in [3.05, 3.63) is 0 Å². The van der Waals surface area contributed by atoms with Gasteiger partial charge in [0.05, 0.1) is 12.0 Å². The van der Waals surface area contributed by atoms with E-state index in [1.165, 1.54) is 13.0 Å². The van der Waals surface area contributed by atoms with Crippen LogP contribution in [0.15, 0.2) is 0 Å². The first-order valence-electron chi connectivity index (χ1n) is 3.98. The van der Waals surface area contributed by atoms with E-state index < -0.39 is 0 Å².